The maximum absolute atomic E-state index is 11.5. The summed E-state index contributed by atoms with van der Waals surface area (Å²) in [4.78, 5) is 11.5. The summed E-state index contributed by atoms with van der Waals surface area (Å²) in [6.45, 7) is 1.78. The van der Waals surface area contributed by atoms with E-state index in [0.29, 0.717) is 11.1 Å². The molecule has 3 nitrogen and oxygen atoms in total. The van der Waals surface area contributed by atoms with Gasteiger partial charge >= 0.3 is 5.97 Å². The van der Waals surface area contributed by atoms with Gasteiger partial charge in [-0.05, 0) is 18.1 Å². The van der Waals surface area contributed by atoms with E-state index in [9.17, 15) is 15.0 Å². The van der Waals surface area contributed by atoms with E-state index in [0.717, 1.165) is 5.56 Å². The monoisotopic (exact) mass is 242 g/mol. The van der Waals surface area contributed by atoms with Gasteiger partial charge in [0, 0.05) is 5.56 Å². The van der Waals surface area contributed by atoms with Gasteiger partial charge in [-0.3, -0.25) is 0 Å². The fraction of sp³-hybridized carbons (Fsp3) is 0.133. The van der Waals surface area contributed by atoms with Crippen LogP contribution in [0.4, 0.5) is 0 Å². The summed E-state index contributed by atoms with van der Waals surface area (Å²) < 4.78 is 0. The molecule has 0 spiro atoms. The summed E-state index contributed by atoms with van der Waals surface area (Å²) in [6, 6.07) is 15.4. The van der Waals surface area contributed by atoms with E-state index in [1.54, 1.807) is 55.5 Å². The lowest BCUT2D eigenvalue weighted by molar-refractivity contribution is -0.155. The Balaban J connectivity index is 2.67. The number of aliphatic hydroxyl groups is 1. The Kier molecular flexibility index (Phi) is 3.17. The van der Waals surface area contributed by atoms with Crippen molar-refractivity contribution in [2.45, 2.75) is 12.5 Å². The molecule has 0 fully saturated rings. The molecule has 0 aromatic heterocycles. The molecule has 0 aliphatic heterocycles. The first-order chi connectivity index (χ1) is 8.56. The highest BCUT2D eigenvalue weighted by Gasteiger charge is 2.40. The minimum Gasteiger partial charge on any atom is -0.479 e. The fourth-order valence-corrected chi connectivity index (χ4v) is 2.05. The summed E-state index contributed by atoms with van der Waals surface area (Å²) in [5.74, 6) is -1.27. The molecule has 0 aliphatic rings. The lowest BCUT2D eigenvalue weighted by Crippen LogP contribution is -2.37. The standard InChI is InChI=1S/C15H14O3/c1-11-7-5-6-10-13(11)15(18,14(16)17)12-8-3-2-4-9-12/h2-10,18H,1H3,(H,16,17)/t15-/m0/s1. The highest BCUT2D eigenvalue weighted by molar-refractivity contribution is 5.84. The van der Waals surface area contributed by atoms with Crippen molar-refractivity contribution < 1.29 is 15.0 Å². The van der Waals surface area contributed by atoms with Crippen LogP contribution in [0.15, 0.2) is 54.6 Å². The van der Waals surface area contributed by atoms with Crippen molar-refractivity contribution in [1.29, 1.82) is 0 Å². The molecule has 2 rings (SSSR count). The Labute approximate surface area is 105 Å². The molecule has 2 aromatic rings. The largest absolute Gasteiger partial charge is 0.479 e. The average Bonchev–Trinajstić information content (AvgIpc) is 2.39. The average molecular weight is 242 g/mol. The van der Waals surface area contributed by atoms with Gasteiger partial charge in [0.25, 0.3) is 0 Å². The second-order valence-electron chi connectivity index (χ2n) is 4.20. The molecular weight excluding hydrogens is 228 g/mol. The number of hydrogen-bond acceptors (Lipinski definition) is 2. The zero-order valence-electron chi connectivity index (χ0n) is 10.00. The van der Waals surface area contributed by atoms with E-state index >= 15 is 0 Å². The van der Waals surface area contributed by atoms with Gasteiger partial charge in [0.1, 0.15) is 0 Å². The van der Waals surface area contributed by atoms with E-state index in [1.807, 2.05) is 6.07 Å². The third kappa shape index (κ3) is 1.89. The van der Waals surface area contributed by atoms with Crippen molar-refractivity contribution in [3.63, 3.8) is 0 Å². The SMILES string of the molecule is Cc1ccccc1[C@](O)(C(=O)O)c1ccccc1. The molecule has 0 heterocycles. The first-order valence-electron chi connectivity index (χ1n) is 5.64. The Morgan fingerprint density at radius 3 is 2.11 bits per heavy atom. The van der Waals surface area contributed by atoms with Gasteiger partial charge in [-0.15, -0.1) is 0 Å². The van der Waals surface area contributed by atoms with Gasteiger partial charge in [0.2, 0.25) is 5.60 Å². The van der Waals surface area contributed by atoms with E-state index in [4.69, 9.17) is 0 Å². The summed E-state index contributed by atoms with van der Waals surface area (Å²) in [7, 11) is 0. The van der Waals surface area contributed by atoms with Crippen LogP contribution in [0.2, 0.25) is 0 Å². The van der Waals surface area contributed by atoms with Crippen molar-refractivity contribution in [3.05, 3.63) is 71.3 Å². The number of carboxylic acids is 1. The zero-order chi connectivity index (χ0) is 13.2. The second-order valence-corrected chi connectivity index (χ2v) is 4.20. The van der Waals surface area contributed by atoms with Crippen LogP contribution < -0.4 is 0 Å². The van der Waals surface area contributed by atoms with Crippen LogP contribution in [-0.2, 0) is 10.4 Å². The molecule has 92 valence electrons. The lowest BCUT2D eigenvalue weighted by Gasteiger charge is -2.26. The molecule has 1 atom stereocenters. The molecule has 18 heavy (non-hydrogen) atoms. The van der Waals surface area contributed by atoms with Crippen LogP contribution in [0, 0.1) is 6.92 Å². The third-order valence-electron chi connectivity index (χ3n) is 3.04. The van der Waals surface area contributed by atoms with Gasteiger partial charge < -0.3 is 10.2 Å². The lowest BCUT2D eigenvalue weighted by atomic mass is 9.84. The minimum absolute atomic E-state index is 0.354. The number of benzene rings is 2. The van der Waals surface area contributed by atoms with Crippen molar-refractivity contribution in [2.75, 3.05) is 0 Å². The summed E-state index contributed by atoms with van der Waals surface area (Å²) in [6.07, 6.45) is 0. The van der Waals surface area contributed by atoms with E-state index in [2.05, 4.69) is 0 Å². The molecular formula is C15H14O3. The van der Waals surface area contributed by atoms with Gasteiger partial charge in [0.15, 0.2) is 0 Å². The van der Waals surface area contributed by atoms with Crippen LogP contribution in [-0.4, -0.2) is 16.2 Å². The second kappa shape index (κ2) is 4.63. The normalized spacial score (nSPS) is 13.9. The highest BCUT2D eigenvalue weighted by atomic mass is 16.4. The Morgan fingerprint density at radius 2 is 1.56 bits per heavy atom. The van der Waals surface area contributed by atoms with Crippen LogP contribution in [0.3, 0.4) is 0 Å². The number of rotatable bonds is 3. The van der Waals surface area contributed by atoms with E-state index in [-0.39, 0.29) is 0 Å². The number of carboxylic acid groups (broad SMARTS) is 1. The Bertz CT molecular complexity index is 563. The van der Waals surface area contributed by atoms with E-state index < -0.39 is 11.6 Å². The van der Waals surface area contributed by atoms with E-state index in [1.165, 1.54) is 0 Å². The summed E-state index contributed by atoms with van der Waals surface area (Å²) >= 11 is 0. The van der Waals surface area contributed by atoms with Crippen LogP contribution in [0.25, 0.3) is 0 Å². The Hall–Kier alpha value is -2.13. The fourth-order valence-electron chi connectivity index (χ4n) is 2.05. The number of aliphatic carboxylic acids is 1. The quantitative estimate of drug-likeness (QED) is 0.868. The van der Waals surface area contributed by atoms with Crippen molar-refractivity contribution >= 4 is 5.97 Å². The van der Waals surface area contributed by atoms with Gasteiger partial charge in [0.05, 0.1) is 0 Å². The zero-order valence-corrected chi connectivity index (χ0v) is 10.00. The maximum Gasteiger partial charge on any atom is 0.345 e. The number of carbonyl (C=O) groups is 1. The molecule has 0 aliphatic carbocycles. The molecule has 0 amide bonds. The predicted molar refractivity (Wildman–Crippen MR) is 68.3 cm³/mol. The molecule has 0 unspecified atom stereocenters. The molecule has 0 radical (unpaired) electrons. The van der Waals surface area contributed by atoms with Crippen molar-refractivity contribution in [1.82, 2.24) is 0 Å². The molecule has 2 aromatic carbocycles. The first kappa shape index (κ1) is 12.3. The highest BCUT2D eigenvalue weighted by Crippen LogP contribution is 2.31. The molecule has 0 saturated heterocycles. The van der Waals surface area contributed by atoms with Crippen LogP contribution >= 0.6 is 0 Å². The summed E-state index contributed by atoms with van der Waals surface area (Å²) in [5, 5.41) is 20.0. The minimum atomic E-state index is -2.01. The predicted octanol–water partition coefficient (Wildman–Crippen LogP) is 2.32. The van der Waals surface area contributed by atoms with Gasteiger partial charge in [-0.2, -0.15) is 0 Å². The Morgan fingerprint density at radius 1 is 1.00 bits per heavy atom. The van der Waals surface area contributed by atoms with Gasteiger partial charge in [-0.1, -0.05) is 54.6 Å². The topological polar surface area (TPSA) is 57.5 Å². The maximum atomic E-state index is 11.5. The van der Waals surface area contributed by atoms with Crippen molar-refractivity contribution in [3.8, 4) is 0 Å². The van der Waals surface area contributed by atoms with Gasteiger partial charge in [-0.25, -0.2) is 4.79 Å². The smallest absolute Gasteiger partial charge is 0.345 e. The molecule has 3 heteroatoms. The van der Waals surface area contributed by atoms with Crippen molar-refractivity contribution in [2.24, 2.45) is 0 Å². The molecule has 0 bridgehead atoms. The summed E-state index contributed by atoms with van der Waals surface area (Å²) in [5.41, 5.74) is -0.520. The van der Waals surface area contributed by atoms with Crippen LogP contribution in [0.5, 0.6) is 0 Å². The first-order valence-corrected chi connectivity index (χ1v) is 5.64. The molecule has 2 N–H and O–H groups in total. The number of hydrogen-bond donors (Lipinski definition) is 2. The third-order valence-corrected chi connectivity index (χ3v) is 3.04. The van der Waals surface area contributed by atoms with Crippen LogP contribution in [0.1, 0.15) is 16.7 Å². The number of aryl methyl sites for hydroxylation is 1. The molecule has 0 saturated carbocycles.